The van der Waals surface area contributed by atoms with Gasteiger partial charge in [0.1, 0.15) is 5.82 Å². The first-order chi connectivity index (χ1) is 9.88. The maximum atomic E-state index is 13.5. The normalized spacial score (nSPS) is 11.2. The summed E-state index contributed by atoms with van der Waals surface area (Å²) in [6.07, 6.45) is 0. The lowest BCUT2D eigenvalue weighted by atomic mass is 10.1. The second-order valence-corrected chi connectivity index (χ2v) is 5.69. The average molecular weight is 287 g/mol. The lowest BCUT2D eigenvalue weighted by Crippen LogP contribution is -2.23. The highest BCUT2D eigenvalue weighted by Gasteiger charge is 2.12. The summed E-state index contributed by atoms with van der Waals surface area (Å²) >= 11 is 0. The zero-order valence-corrected chi connectivity index (χ0v) is 13.3. The van der Waals surface area contributed by atoms with Crippen molar-refractivity contribution in [3.05, 3.63) is 46.5 Å². The van der Waals surface area contributed by atoms with Gasteiger partial charge < -0.3 is 5.32 Å². The molecule has 1 heterocycles. The number of nitrogens with zero attached hydrogens (tertiary/aromatic N) is 2. The maximum Gasteiger partial charge on any atom is 0.160 e. The molecule has 0 radical (unpaired) electrons. The minimum Gasteiger partial charge on any atom is -0.310 e. The molecule has 0 fully saturated rings. The summed E-state index contributed by atoms with van der Waals surface area (Å²) in [6, 6.07) is 5.12. The molecule has 21 heavy (non-hydrogen) atoms. The number of nitrogens with one attached hydrogen (secondary N) is 1. The van der Waals surface area contributed by atoms with Crippen molar-refractivity contribution in [3.8, 4) is 11.4 Å². The largest absolute Gasteiger partial charge is 0.310 e. The number of hydrogen-bond donors (Lipinski definition) is 1. The standard InChI is InChI=1S/C17H22FN3/c1-10(2)19-9-16-12(4)20-17(21-13(16)5)15-8-14(18)7-6-11(15)3/h6-8,10,19H,9H2,1-5H3. The quantitative estimate of drug-likeness (QED) is 0.931. The van der Waals surface area contributed by atoms with Gasteiger partial charge in [0.2, 0.25) is 0 Å². The summed E-state index contributed by atoms with van der Waals surface area (Å²) in [6.45, 7) is 10.9. The van der Waals surface area contributed by atoms with Gasteiger partial charge in [0.15, 0.2) is 5.82 Å². The van der Waals surface area contributed by atoms with Crippen LogP contribution in [0, 0.1) is 26.6 Å². The van der Waals surface area contributed by atoms with Crippen molar-refractivity contribution in [1.82, 2.24) is 15.3 Å². The Hall–Kier alpha value is -1.81. The minimum absolute atomic E-state index is 0.264. The van der Waals surface area contributed by atoms with Gasteiger partial charge in [-0.25, -0.2) is 14.4 Å². The Labute approximate surface area is 125 Å². The molecule has 0 aliphatic carbocycles. The molecule has 0 spiro atoms. The summed E-state index contributed by atoms with van der Waals surface area (Å²) in [7, 11) is 0. The summed E-state index contributed by atoms with van der Waals surface area (Å²) in [4.78, 5) is 9.13. The summed E-state index contributed by atoms with van der Waals surface area (Å²) in [5, 5.41) is 3.38. The van der Waals surface area contributed by atoms with E-state index >= 15 is 0 Å². The van der Waals surface area contributed by atoms with Gasteiger partial charge in [-0.15, -0.1) is 0 Å². The molecule has 1 aromatic carbocycles. The van der Waals surface area contributed by atoms with E-state index in [1.807, 2.05) is 20.8 Å². The summed E-state index contributed by atoms with van der Waals surface area (Å²) < 4.78 is 13.5. The molecular weight excluding hydrogens is 265 g/mol. The smallest absolute Gasteiger partial charge is 0.160 e. The predicted molar refractivity (Wildman–Crippen MR) is 83.6 cm³/mol. The molecule has 0 aliphatic rings. The summed E-state index contributed by atoms with van der Waals surface area (Å²) in [5.41, 5.74) is 4.72. The van der Waals surface area contributed by atoms with Crippen LogP contribution in [0.25, 0.3) is 11.4 Å². The van der Waals surface area contributed by atoms with Crippen LogP contribution in [0.1, 0.15) is 36.4 Å². The second kappa shape index (κ2) is 6.31. The second-order valence-electron chi connectivity index (χ2n) is 5.69. The first-order valence-electron chi connectivity index (χ1n) is 7.22. The van der Waals surface area contributed by atoms with Crippen molar-refractivity contribution in [2.24, 2.45) is 0 Å². The molecule has 0 unspecified atom stereocenters. The molecule has 3 nitrogen and oxygen atoms in total. The molecule has 0 amide bonds. The molecule has 2 rings (SSSR count). The number of hydrogen-bond acceptors (Lipinski definition) is 3. The first-order valence-corrected chi connectivity index (χ1v) is 7.22. The minimum atomic E-state index is -0.264. The Morgan fingerprint density at radius 2 is 1.71 bits per heavy atom. The zero-order valence-electron chi connectivity index (χ0n) is 13.3. The lowest BCUT2D eigenvalue weighted by molar-refractivity contribution is 0.583. The lowest BCUT2D eigenvalue weighted by Gasteiger charge is -2.14. The van der Waals surface area contributed by atoms with E-state index in [1.54, 1.807) is 6.07 Å². The number of aryl methyl sites for hydroxylation is 3. The van der Waals surface area contributed by atoms with Crippen LogP contribution in [0.15, 0.2) is 18.2 Å². The van der Waals surface area contributed by atoms with E-state index in [0.29, 0.717) is 11.9 Å². The molecule has 0 atom stereocenters. The summed E-state index contributed by atoms with van der Waals surface area (Å²) in [5.74, 6) is 0.329. The molecular formula is C17H22FN3. The molecule has 4 heteroatoms. The fourth-order valence-electron chi connectivity index (χ4n) is 2.26. The molecule has 2 aromatic rings. The molecule has 0 saturated carbocycles. The first kappa shape index (κ1) is 15.6. The van der Waals surface area contributed by atoms with Crippen molar-refractivity contribution < 1.29 is 4.39 Å². The molecule has 112 valence electrons. The van der Waals surface area contributed by atoms with E-state index in [9.17, 15) is 4.39 Å². The van der Waals surface area contributed by atoms with Gasteiger partial charge in [-0.1, -0.05) is 19.9 Å². The monoisotopic (exact) mass is 287 g/mol. The van der Waals surface area contributed by atoms with Gasteiger partial charge in [0.25, 0.3) is 0 Å². The highest BCUT2D eigenvalue weighted by atomic mass is 19.1. The zero-order chi connectivity index (χ0) is 15.6. The Bertz CT molecular complexity index is 627. The topological polar surface area (TPSA) is 37.8 Å². The Balaban J connectivity index is 2.41. The van der Waals surface area contributed by atoms with Gasteiger partial charge in [0, 0.05) is 35.1 Å². The average Bonchev–Trinajstić information content (AvgIpc) is 2.40. The van der Waals surface area contributed by atoms with Gasteiger partial charge in [-0.2, -0.15) is 0 Å². The molecule has 0 bridgehead atoms. The Kier molecular flexibility index (Phi) is 4.68. The van der Waals surface area contributed by atoms with Crippen molar-refractivity contribution in [2.45, 2.75) is 47.2 Å². The van der Waals surface area contributed by atoms with Crippen LogP contribution in [0.5, 0.6) is 0 Å². The number of benzene rings is 1. The number of rotatable bonds is 4. The van der Waals surface area contributed by atoms with Crippen LogP contribution in [-0.4, -0.2) is 16.0 Å². The van der Waals surface area contributed by atoms with E-state index in [1.165, 1.54) is 12.1 Å². The van der Waals surface area contributed by atoms with Crippen molar-refractivity contribution in [1.29, 1.82) is 0 Å². The molecule has 0 aliphatic heterocycles. The van der Waals surface area contributed by atoms with E-state index < -0.39 is 0 Å². The predicted octanol–water partition coefficient (Wildman–Crippen LogP) is 3.71. The van der Waals surface area contributed by atoms with E-state index in [0.717, 1.165) is 34.6 Å². The van der Waals surface area contributed by atoms with E-state index in [2.05, 4.69) is 29.1 Å². The van der Waals surface area contributed by atoms with E-state index in [4.69, 9.17) is 0 Å². The third kappa shape index (κ3) is 3.64. The fourth-order valence-corrected chi connectivity index (χ4v) is 2.26. The van der Waals surface area contributed by atoms with Crippen LogP contribution in [0.4, 0.5) is 4.39 Å². The van der Waals surface area contributed by atoms with Gasteiger partial charge in [-0.05, 0) is 38.5 Å². The van der Waals surface area contributed by atoms with E-state index in [-0.39, 0.29) is 5.82 Å². The molecule has 1 N–H and O–H groups in total. The Morgan fingerprint density at radius 3 is 2.29 bits per heavy atom. The molecule has 1 aromatic heterocycles. The fraction of sp³-hybridized carbons (Fsp3) is 0.412. The van der Waals surface area contributed by atoms with Crippen molar-refractivity contribution >= 4 is 0 Å². The number of halogens is 1. The van der Waals surface area contributed by atoms with Crippen molar-refractivity contribution in [3.63, 3.8) is 0 Å². The van der Waals surface area contributed by atoms with Gasteiger partial charge in [-0.3, -0.25) is 0 Å². The van der Waals surface area contributed by atoms with Gasteiger partial charge in [0.05, 0.1) is 0 Å². The van der Waals surface area contributed by atoms with Crippen LogP contribution in [-0.2, 0) is 6.54 Å². The third-order valence-electron chi connectivity index (χ3n) is 3.55. The highest BCUT2D eigenvalue weighted by molar-refractivity contribution is 5.60. The van der Waals surface area contributed by atoms with Crippen molar-refractivity contribution in [2.75, 3.05) is 0 Å². The SMILES string of the molecule is Cc1ccc(F)cc1-c1nc(C)c(CNC(C)C)c(C)n1. The van der Waals surface area contributed by atoms with Crippen LogP contribution >= 0.6 is 0 Å². The van der Waals surface area contributed by atoms with Crippen LogP contribution in [0.3, 0.4) is 0 Å². The van der Waals surface area contributed by atoms with Gasteiger partial charge >= 0.3 is 0 Å². The maximum absolute atomic E-state index is 13.5. The van der Waals surface area contributed by atoms with Crippen LogP contribution in [0.2, 0.25) is 0 Å². The third-order valence-corrected chi connectivity index (χ3v) is 3.55. The van der Waals surface area contributed by atoms with Crippen LogP contribution < -0.4 is 5.32 Å². The molecule has 0 saturated heterocycles. The number of aromatic nitrogens is 2. The Morgan fingerprint density at radius 1 is 1.10 bits per heavy atom. The highest BCUT2D eigenvalue weighted by Crippen LogP contribution is 2.23.